The lowest BCUT2D eigenvalue weighted by molar-refractivity contribution is 0.190. The molecule has 2 aromatic carbocycles. The molecule has 0 unspecified atom stereocenters. The molecule has 29 heavy (non-hydrogen) atoms. The van der Waals surface area contributed by atoms with Gasteiger partial charge in [0, 0.05) is 23.7 Å². The molecule has 8 nitrogen and oxygen atoms in total. The van der Waals surface area contributed by atoms with Crippen LogP contribution in [0.15, 0.2) is 42.5 Å². The van der Waals surface area contributed by atoms with Crippen molar-refractivity contribution >= 4 is 11.6 Å². The van der Waals surface area contributed by atoms with E-state index in [0.717, 1.165) is 6.07 Å². The molecule has 0 radical (unpaired) electrons. The van der Waals surface area contributed by atoms with E-state index in [4.69, 9.17) is 16.3 Å². The maximum atomic E-state index is 13.5. The van der Waals surface area contributed by atoms with Crippen LogP contribution < -0.4 is 4.74 Å². The second-order valence-corrected chi connectivity index (χ2v) is 6.64. The average Bonchev–Trinajstić information content (AvgIpc) is 3.29. The van der Waals surface area contributed by atoms with Crippen molar-refractivity contribution in [1.82, 2.24) is 35.0 Å². The predicted octanol–water partition coefficient (Wildman–Crippen LogP) is 3.53. The van der Waals surface area contributed by atoms with Crippen LogP contribution in [0.2, 0.25) is 5.02 Å². The number of hydrogen-bond donors (Lipinski definition) is 0. The Morgan fingerprint density at radius 3 is 2.52 bits per heavy atom. The van der Waals surface area contributed by atoms with Gasteiger partial charge in [-0.25, -0.2) is 8.78 Å². The summed E-state index contributed by atoms with van der Waals surface area (Å²) in [5.41, 5.74) is 0.891. The Morgan fingerprint density at radius 2 is 1.79 bits per heavy atom. The molecular formula is C18H14ClF2N7O. The van der Waals surface area contributed by atoms with Gasteiger partial charge in [-0.2, -0.15) is 0 Å². The number of ether oxygens (including phenoxy) is 1. The van der Waals surface area contributed by atoms with Crippen molar-refractivity contribution in [3.63, 3.8) is 0 Å². The minimum absolute atomic E-state index is 0.135. The molecule has 2 aromatic heterocycles. The number of aromatic nitrogens is 7. The van der Waals surface area contributed by atoms with E-state index in [0.29, 0.717) is 16.5 Å². The van der Waals surface area contributed by atoms with Gasteiger partial charge in [-0.1, -0.05) is 22.8 Å². The summed E-state index contributed by atoms with van der Waals surface area (Å²) in [6, 6.07) is 10.3. The molecule has 0 aliphatic carbocycles. The number of nitrogens with zero attached hydrogens (tertiary/aromatic N) is 7. The monoisotopic (exact) mass is 417 g/mol. The maximum Gasteiger partial charge on any atom is 0.317 e. The van der Waals surface area contributed by atoms with Gasteiger partial charge in [-0.15, -0.1) is 20.1 Å². The van der Waals surface area contributed by atoms with Crippen LogP contribution in [-0.2, 0) is 7.05 Å². The summed E-state index contributed by atoms with van der Waals surface area (Å²) >= 11 is 5.98. The third-order valence-corrected chi connectivity index (χ3v) is 4.30. The first-order valence-electron chi connectivity index (χ1n) is 8.49. The number of benzene rings is 2. The Hall–Kier alpha value is -3.40. The molecule has 0 bridgehead atoms. The van der Waals surface area contributed by atoms with Gasteiger partial charge in [0.15, 0.2) is 11.9 Å². The Morgan fingerprint density at radius 1 is 1.03 bits per heavy atom. The van der Waals surface area contributed by atoms with Gasteiger partial charge < -0.3 is 4.74 Å². The van der Waals surface area contributed by atoms with Gasteiger partial charge in [0.1, 0.15) is 11.6 Å². The fourth-order valence-electron chi connectivity index (χ4n) is 2.66. The van der Waals surface area contributed by atoms with Crippen molar-refractivity contribution in [3.8, 4) is 23.1 Å². The van der Waals surface area contributed by atoms with E-state index in [1.54, 1.807) is 38.2 Å². The first kappa shape index (κ1) is 18.9. The zero-order valence-corrected chi connectivity index (χ0v) is 16.0. The lowest BCUT2D eigenvalue weighted by atomic mass is 10.2. The number of hydrogen-bond acceptors (Lipinski definition) is 6. The van der Waals surface area contributed by atoms with Crippen molar-refractivity contribution in [2.75, 3.05) is 0 Å². The van der Waals surface area contributed by atoms with Gasteiger partial charge in [-0.05, 0) is 42.5 Å². The summed E-state index contributed by atoms with van der Waals surface area (Å²) in [6.45, 7) is 1.72. The quantitative estimate of drug-likeness (QED) is 0.494. The van der Waals surface area contributed by atoms with Gasteiger partial charge in [0.25, 0.3) is 0 Å². The average molecular weight is 418 g/mol. The summed E-state index contributed by atoms with van der Waals surface area (Å²) in [6.07, 6.45) is -0.608. The molecule has 4 aromatic rings. The first-order valence-corrected chi connectivity index (χ1v) is 8.87. The highest BCUT2D eigenvalue weighted by atomic mass is 35.5. The highest BCUT2D eigenvalue weighted by Crippen LogP contribution is 2.25. The molecule has 1 atom stereocenters. The SMILES string of the molecule is C[C@@H](Oc1nnc(-c2cc(F)cc(F)c2)n1C)c1nnn(-c2cccc(Cl)c2)n1. The van der Waals surface area contributed by atoms with Crippen molar-refractivity contribution in [3.05, 3.63) is 64.9 Å². The Bertz CT molecular complexity index is 1160. The molecule has 0 spiro atoms. The molecule has 11 heteroatoms. The third kappa shape index (κ3) is 3.92. The molecule has 0 aliphatic heterocycles. The molecule has 2 heterocycles. The second kappa shape index (κ2) is 7.55. The van der Waals surface area contributed by atoms with E-state index in [2.05, 4.69) is 25.6 Å². The van der Waals surface area contributed by atoms with E-state index in [1.807, 2.05) is 0 Å². The van der Waals surface area contributed by atoms with Gasteiger partial charge in [0.2, 0.25) is 5.82 Å². The molecule has 0 saturated carbocycles. The molecule has 4 rings (SSSR count). The van der Waals surface area contributed by atoms with Crippen LogP contribution in [0.25, 0.3) is 17.1 Å². The van der Waals surface area contributed by atoms with Crippen LogP contribution in [0.5, 0.6) is 6.01 Å². The standard InChI is InChI=1S/C18H14ClF2N7O/c1-10(16-22-26-28(25-16)15-5-3-4-12(19)8-15)29-18-24-23-17(27(18)2)11-6-13(20)9-14(21)7-11/h3-10H,1-2H3/t10-/m1/s1. The molecular weight excluding hydrogens is 404 g/mol. The van der Waals surface area contributed by atoms with E-state index in [-0.39, 0.29) is 17.4 Å². The van der Waals surface area contributed by atoms with E-state index in [1.165, 1.54) is 21.5 Å². The summed E-state index contributed by atoms with van der Waals surface area (Å²) in [7, 11) is 1.62. The van der Waals surface area contributed by atoms with Crippen LogP contribution in [0.3, 0.4) is 0 Å². The first-order chi connectivity index (χ1) is 13.9. The van der Waals surface area contributed by atoms with Crippen LogP contribution in [-0.4, -0.2) is 35.0 Å². The van der Waals surface area contributed by atoms with Crippen molar-refractivity contribution in [1.29, 1.82) is 0 Å². The molecule has 0 aliphatic rings. The number of rotatable bonds is 5. The van der Waals surface area contributed by atoms with E-state index in [9.17, 15) is 8.78 Å². The Kier molecular flexibility index (Phi) is 4.93. The van der Waals surface area contributed by atoms with E-state index >= 15 is 0 Å². The zero-order chi connectivity index (χ0) is 20.5. The van der Waals surface area contributed by atoms with Crippen molar-refractivity contribution in [2.45, 2.75) is 13.0 Å². The fourth-order valence-corrected chi connectivity index (χ4v) is 2.84. The zero-order valence-electron chi connectivity index (χ0n) is 15.3. The van der Waals surface area contributed by atoms with Crippen LogP contribution in [0.4, 0.5) is 8.78 Å². The number of halogens is 3. The van der Waals surface area contributed by atoms with Gasteiger partial charge >= 0.3 is 6.01 Å². The fraction of sp³-hybridized carbons (Fsp3) is 0.167. The summed E-state index contributed by atoms with van der Waals surface area (Å²) < 4.78 is 34.2. The van der Waals surface area contributed by atoms with Gasteiger partial charge in [0.05, 0.1) is 5.69 Å². The highest BCUT2D eigenvalue weighted by molar-refractivity contribution is 6.30. The third-order valence-electron chi connectivity index (χ3n) is 4.07. The minimum Gasteiger partial charge on any atom is -0.452 e. The molecule has 148 valence electrons. The van der Waals surface area contributed by atoms with E-state index < -0.39 is 17.7 Å². The Balaban J connectivity index is 1.55. The summed E-state index contributed by atoms with van der Waals surface area (Å²) in [4.78, 5) is 1.33. The molecule has 0 saturated heterocycles. The van der Waals surface area contributed by atoms with Crippen LogP contribution in [0.1, 0.15) is 18.9 Å². The summed E-state index contributed by atoms with van der Waals surface area (Å²) in [5, 5.41) is 20.7. The number of tetrazole rings is 1. The lowest BCUT2D eigenvalue weighted by Gasteiger charge is -2.10. The topological polar surface area (TPSA) is 83.5 Å². The highest BCUT2D eigenvalue weighted by Gasteiger charge is 2.20. The molecule has 0 fully saturated rings. The normalized spacial score (nSPS) is 12.2. The maximum absolute atomic E-state index is 13.5. The van der Waals surface area contributed by atoms with Gasteiger partial charge in [-0.3, -0.25) is 4.57 Å². The van der Waals surface area contributed by atoms with Crippen LogP contribution >= 0.6 is 11.6 Å². The summed E-state index contributed by atoms with van der Waals surface area (Å²) in [5.74, 6) is -0.853. The predicted molar refractivity (Wildman–Crippen MR) is 99.6 cm³/mol. The van der Waals surface area contributed by atoms with Crippen molar-refractivity contribution in [2.24, 2.45) is 7.05 Å². The minimum atomic E-state index is -0.708. The second-order valence-electron chi connectivity index (χ2n) is 6.20. The molecule has 0 amide bonds. The molecule has 0 N–H and O–H groups in total. The smallest absolute Gasteiger partial charge is 0.317 e. The lowest BCUT2D eigenvalue weighted by Crippen LogP contribution is -2.09. The van der Waals surface area contributed by atoms with Crippen molar-refractivity contribution < 1.29 is 13.5 Å². The van der Waals surface area contributed by atoms with Crippen LogP contribution in [0, 0.1) is 11.6 Å². The Labute approximate surface area is 168 Å². The largest absolute Gasteiger partial charge is 0.452 e.